The number of H-pyrrole nitrogens is 1. The summed E-state index contributed by atoms with van der Waals surface area (Å²) in [6, 6.07) is 11.7. The number of nitrogens with zero attached hydrogens (tertiary/aromatic N) is 2. The summed E-state index contributed by atoms with van der Waals surface area (Å²) < 4.78 is 14.7. The molecule has 1 saturated carbocycles. The highest BCUT2D eigenvalue weighted by molar-refractivity contribution is 5.95. The molecule has 7 nitrogen and oxygen atoms in total. The molecular formula is C26H27FN4O3. The number of benzene rings is 2. The number of aromatic nitrogens is 2. The molecule has 2 aromatic carbocycles. The van der Waals surface area contributed by atoms with E-state index in [9.17, 15) is 18.8 Å². The average Bonchev–Trinajstić information content (AvgIpc) is 3.55. The maximum Gasteiger partial charge on any atom is 0.272 e. The van der Waals surface area contributed by atoms with E-state index in [0.29, 0.717) is 48.6 Å². The largest absolute Gasteiger partial charge is 0.356 e. The minimum Gasteiger partial charge on any atom is -0.356 e. The van der Waals surface area contributed by atoms with Crippen LogP contribution < -0.4 is 10.9 Å². The van der Waals surface area contributed by atoms with Gasteiger partial charge in [-0.1, -0.05) is 31.2 Å². The zero-order chi connectivity index (χ0) is 23.8. The number of carbonyl (C=O) groups is 2. The van der Waals surface area contributed by atoms with Gasteiger partial charge in [-0.15, -0.1) is 0 Å². The van der Waals surface area contributed by atoms with Crippen LogP contribution in [0.5, 0.6) is 0 Å². The SMILES string of the molecule is CC(c1ccc(F)c(C(=O)N2CCC(C(=O)NCC3CC3)C2)c1)c1n[nH]c(=O)c2ccccc12. The monoisotopic (exact) mass is 462 g/mol. The van der Waals surface area contributed by atoms with Crippen LogP contribution >= 0.6 is 0 Å². The van der Waals surface area contributed by atoms with Crippen molar-refractivity contribution in [2.45, 2.75) is 32.1 Å². The van der Waals surface area contributed by atoms with Gasteiger partial charge in [-0.3, -0.25) is 14.4 Å². The van der Waals surface area contributed by atoms with Gasteiger partial charge in [-0.2, -0.15) is 5.10 Å². The number of likely N-dealkylation sites (tertiary alicyclic amines) is 1. The van der Waals surface area contributed by atoms with E-state index in [1.807, 2.05) is 19.1 Å². The standard InChI is InChI=1S/C26H27FN4O3/c1-15(23-19-4-2-3-5-20(19)25(33)30-29-23)17-8-9-22(27)21(12-17)26(34)31-11-10-18(14-31)24(32)28-13-16-6-7-16/h2-5,8-9,12,15-16,18H,6-7,10-11,13-14H2,1H3,(H,28,32)(H,30,33). The minimum absolute atomic E-state index is 0.0166. The van der Waals surface area contributed by atoms with Crippen molar-refractivity contribution < 1.29 is 14.0 Å². The molecule has 1 saturated heterocycles. The molecule has 1 aliphatic carbocycles. The summed E-state index contributed by atoms with van der Waals surface area (Å²) in [4.78, 5) is 39.3. The highest BCUT2D eigenvalue weighted by Gasteiger charge is 2.33. The van der Waals surface area contributed by atoms with Gasteiger partial charge in [0, 0.05) is 30.9 Å². The third kappa shape index (κ3) is 4.32. The number of amides is 2. The number of hydrogen-bond donors (Lipinski definition) is 2. The summed E-state index contributed by atoms with van der Waals surface area (Å²) >= 11 is 0. The van der Waals surface area contributed by atoms with Gasteiger partial charge in [0.2, 0.25) is 5.91 Å². The van der Waals surface area contributed by atoms with Gasteiger partial charge >= 0.3 is 0 Å². The first-order valence-electron chi connectivity index (χ1n) is 11.8. The lowest BCUT2D eigenvalue weighted by Crippen LogP contribution is -2.35. The number of fused-ring (bicyclic) bond motifs is 1. The maximum absolute atomic E-state index is 14.7. The van der Waals surface area contributed by atoms with E-state index < -0.39 is 11.7 Å². The summed E-state index contributed by atoms with van der Waals surface area (Å²) in [5.74, 6) is -0.986. The van der Waals surface area contributed by atoms with Gasteiger partial charge in [0.25, 0.3) is 11.5 Å². The summed E-state index contributed by atoms with van der Waals surface area (Å²) in [5.41, 5.74) is 1.07. The second kappa shape index (κ2) is 9.00. The van der Waals surface area contributed by atoms with E-state index in [0.717, 1.165) is 18.2 Å². The van der Waals surface area contributed by atoms with Crippen molar-refractivity contribution in [2.24, 2.45) is 11.8 Å². The van der Waals surface area contributed by atoms with Crippen molar-refractivity contribution >= 4 is 22.6 Å². The quantitative estimate of drug-likeness (QED) is 0.588. The Morgan fingerprint density at radius 1 is 1.18 bits per heavy atom. The molecule has 2 N–H and O–H groups in total. The Bertz CT molecular complexity index is 1320. The Hall–Kier alpha value is -3.55. The molecule has 2 heterocycles. The lowest BCUT2D eigenvalue weighted by Gasteiger charge is -2.19. The topological polar surface area (TPSA) is 95.2 Å². The average molecular weight is 463 g/mol. The number of carbonyl (C=O) groups excluding carboxylic acids is 2. The second-order valence-electron chi connectivity index (χ2n) is 9.37. The van der Waals surface area contributed by atoms with Crippen molar-refractivity contribution in [3.8, 4) is 0 Å². The van der Waals surface area contributed by atoms with Crippen LogP contribution in [0, 0.1) is 17.7 Å². The second-order valence-corrected chi connectivity index (χ2v) is 9.37. The van der Waals surface area contributed by atoms with E-state index in [1.165, 1.54) is 6.07 Å². The van der Waals surface area contributed by atoms with Crippen LogP contribution in [0.4, 0.5) is 4.39 Å². The molecule has 0 spiro atoms. The fourth-order valence-corrected chi connectivity index (χ4v) is 4.64. The molecule has 0 bridgehead atoms. The highest BCUT2D eigenvalue weighted by Crippen LogP contribution is 2.30. The van der Waals surface area contributed by atoms with Gasteiger partial charge in [-0.05, 0) is 48.9 Å². The Labute approximate surface area is 196 Å². The molecule has 34 heavy (non-hydrogen) atoms. The molecule has 5 rings (SSSR count). The van der Waals surface area contributed by atoms with Gasteiger partial charge < -0.3 is 10.2 Å². The first kappa shape index (κ1) is 22.3. The summed E-state index contributed by atoms with van der Waals surface area (Å²) in [5, 5.41) is 11.0. The Balaban J connectivity index is 1.36. The van der Waals surface area contributed by atoms with Crippen LogP contribution in [0.2, 0.25) is 0 Å². The minimum atomic E-state index is -0.595. The zero-order valence-electron chi connectivity index (χ0n) is 19.0. The van der Waals surface area contributed by atoms with E-state index >= 15 is 0 Å². The Kier molecular flexibility index (Phi) is 5.89. The van der Waals surface area contributed by atoms with Gasteiger partial charge in [0.1, 0.15) is 5.82 Å². The van der Waals surface area contributed by atoms with E-state index in [2.05, 4.69) is 15.5 Å². The highest BCUT2D eigenvalue weighted by atomic mass is 19.1. The molecular weight excluding hydrogens is 435 g/mol. The maximum atomic E-state index is 14.7. The predicted octanol–water partition coefficient (Wildman–Crippen LogP) is 3.20. The molecule has 2 amide bonds. The fourth-order valence-electron chi connectivity index (χ4n) is 4.64. The summed E-state index contributed by atoms with van der Waals surface area (Å²) in [6.45, 7) is 3.32. The summed E-state index contributed by atoms with van der Waals surface area (Å²) in [7, 11) is 0. The van der Waals surface area contributed by atoms with Gasteiger partial charge in [0.05, 0.1) is 22.6 Å². The van der Waals surface area contributed by atoms with E-state index in [-0.39, 0.29) is 28.9 Å². The van der Waals surface area contributed by atoms with Gasteiger partial charge in [0.15, 0.2) is 0 Å². The van der Waals surface area contributed by atoms with Crippen molar-refractivity contribution in [1.82, 2.24) is 20.4 Å². The molecule has 1 aromatic heterocycles. The van der Waals surface area contributed by atoms with Crippen molar-refractivity contribution in [3.63, 3.8) is 0 Å². The third-order valence-electron chi connectivity index (χ3n) is 6.96. The normalized spacial score (nSPS) is 18.8. The third-order valence-corrected chi connectivity index (χ3v) is 6.96. The fraction of sp³-hybridized carbons (Fsp3) is 0.385. The first-order chi connectivity index (χ1) is 16.4. The van der Waals surface area contributed by atoms with Crippen LogP contribution in [0.25, 0.3) is 10.8 Å². The Morgan fingerprint density at radius 3 is 2.71 bits per heavy atom. The summed E-state index contributed by atoms with van der Waals surface area (Å²) in [6.07, 6.45) is 2.90. The molecule has 8 heteroatoms. The molecule has 2 atom stereocenters. The zero-order valence-corrected chi connectivity index (χ0v) is 19.0. The molecule has 2 unspecified atom stereocenters. The molecule has 1 aliphatic heterocycles. The Morgan fingerprint density at radius 2 is 1.94 bits per heavy atom. The number of halogens is 1. The lowest BCUT2D eigenvalue weighted by molar-refractivity contribution is -0.124. The number of rotatable bonds is 6. The smallest absolute Gasteiger partial charge is 0.272 e. The van der Waals surface area contributed by atoms with Crippen LogP contribution in [-0.4, -0.2) is 46.5 Å². The lowest BCUT2D eigenvalue weighted by atomic mass is 9.92. The number of nitrogens with one attached hydrogen (secondary N) is 2. The van der Waals surface area contributed by atoms with Crippen molar-refractivity contribution in [2.75, 3.05) is 19.6 Å². The van der Waals surface area contributed by atoms with Crippen LogP contribution in [-0.2, 0) is 4.79 Å². The van der Waals surface area contributed by atoms with E-state index in [4.69, 9.17) is 0 Å². The predicted molar refractivity (Wildman–Crippen MR) is 126 cm³/mol. The molecule has 2 fully saturated rings. The van der Waals surface area contributed by atoms with Crippen LogP contribution in [0.3, 0.4) is 0 Å². The van der Waals surface area contributed by atoms with Crippen molar-refractivity contribution in [1.29, 1.82) is 0 Å². The van der Waals surface area contributed by atoms with E-state index in [1.54, 1.807) is 29.2 Å². The van der Waals surface area contributed by atoms with Crippen molar-refractivity contribution in [3.05, 3.63) is 75.5 Å². The molecule has 3 aromatic rings. The van der Waals surface area contributed by atoms with Crippen LogP contribution in [0.1, 0.15) is 53.7 Å². The van der Waals surface area contributed by atoms with Crippen LogP contribution in [0.15, 0.2) is 47.3 Å². The first-order valence-corrected chi connectivity index (χ1v) is 11.8. The molecule has 2 aliphatic rings. The molecule has 176 valence electrons. The number of hydrogen-bond acceptors (Lipinski definition) is 4. The molecule has 0 radical (unpaired) electrons. The number of aromatic amines is 1. The van der Waals surface area contributed by atoms with Gasteiger partial charge in [-0.25, -0.2) is 9.49 Å².